The van der Waals surface area contributed by atoms with E-state index in [2.05, 4.69) is 10.1 Å². The lowest BCUT2D eigenvalue weighted by atomic mass is 10.2. The number of nitrogens with zero attached hydrogens (tertiary/aromatic N) is 4. The Balaban J connectivity index is 2.25. The van der Waals surface area contributed by atoms with E-state index in [9.17, 15) is 4.79 Å². The molecular formula is C15H14N4O2. The highest BCUT2D eigenvalue weighted by atomic mass is 16.4. The number of aromatic nitrogens is 4. The third-order valence-corrected chi connectivity index (χ3v) is 3.35. The molecule has 0 fully saturated rings. The van der Waals surface area contributed by atoms with Crippen LogP contribution in [0.4, 0.5) is 0 Å². The van der Waals surface area contributed by atoms with Gasteiger partial charge in [-0.1, -0.05) is 0 Å². The molecule has 0 bridgehead atoms. The Hall–Kier alpha value is -2.89. The van der Waals surface area contributed by atoms with Crippen molar-refractivity contribution in [1.29, 1.82) is 0 Å². The van der Waals surface area contributed by atoms with Crippen LogP contribution in [0.2, 0.25) is 0 Å². The number of pyridine rings is 1. The van der Waals surface area contributed by atoms with Gasteiger partial charge in [-0.3, -0.25) is 14.2 Å². The van der Waals surface area contributed by atoms with Crippen LogP contribution in [0.15, 0.2) is 36.8 Å². The second-order valence-corrected chi connectivity index (χ2v) is 4.74. The van der Waals surface area contributed by atoms with E-state index in [1.807, 2.05) is 36.9 Å². The Kier molecular flexibility index (Phi) is 3.06. The van der Waals surface area contributed by atoms with Crippen LogP contribution in [0.3, 0.4) is 0 Å². The molecule has 0 aromatic carbocycles. The molecule has 3 heterocycles. The predicted molar refractivity (Wildman–Crippen MR) is 79.2 cm³/mol. The summed E-state index contributed by atoms with van der Waals surface area (Å²) in [6.45, 7) is 1.86. The first-order chi connectivity index (χ1) is 10.1. The number of carbonyl (C=O) groups is 1. The van der Waals surface area contributed by atoms with Crippen LogP contribution in [0.5, 0.6) is 0 Å². The molecule has 0 aliphatic heterocycles. The maximum absolute atomic E-state index is 10.8. The smallest absolute Gasteiger partial charge is 0.328 e. The van der Waals surface area contributed by atoms with E-state index in [1.54, 1.807) is 23.2 Å². The molecule has 0 saturated carbocycles. The van der Waals surface area contributed by atoms with Gasteiger partial charge in [0, 0.05) is 36.5 Å². The highest BCUT2D eigenvalue weighted by Gasteiger charge is 2.14. The van der Waals surface area contributed by atoms with E-state index < -0.39 is 5.97 Å². The molecule has 0 aliphatic carbocycles. The number of rotatable bonds is 3. The molecule has 21 heavy (non-hydrogen) atoms. The summed E-state index contributed by atoms with van der Waals surface area (Å²) in [4.78, 5) is 14.9. The number of aliphatic carboxylic acids is 1. The van der Waals surface area contributed by atoms with Gasteiger partial charge in [0.05, 0.1) is 17.4 Å². The first-order valence-corrected chi connectivity index (χ1v) is 6.44. The van der Waals surface area contributed by atoms with E-state index in [0.29, 0.717) is 0 Å². The third kappa shape index (κ3) is 2.20. The average molecular weight is 282 g/mol. The highest BCUT2D eigenvalue weighted by molar-refractivity contribution is 5.87. The monoisotopic (exact) mass is 282 g/mol. The van der Waals surface area contributed by atoms with Gasteiger partial charge in [0.15, 0.2) is 0 Å². The second-order valence-electron chi connectivity index (χ2n) is 4.74. The van der Waals surface area contributed by atoms with Crippen molar-refractivity contribution >= 4 is 22.9 Å². The Labute approximate surface area is 121 Å². The van der Waals surface area contributed by atoms with E-state index in [1.165, 1.54) is 0 Å². The maximum atomic E-state index is 10.8. The quantitative estimate of drug-likeness (QED) is 0.747. The summed E-state index contributed by atoms with van der Waals surface area (Å²) in [5, 5.41) is 14.3. The lowest BCUT2D eigenvalue weighted by Crippen LogP contribution is -2.03. The summed E-state index contributed by atoms with van der Waals surface area (Å²) < 4.78 is 3.70. The summed E-state index contributed by atoms with van der Waals surface area (Å²) in [6, 6.07) is 3.92. The van der Waals surface area contributed by atoms with Crippen molar-refractivity contribution in [3.63, 3.8) is 0 Å². The van der Waals surface area contributed by atoms with Crippen molar-refractivity contribution in [2.75, 3.05) is 0 Å². The van der Waals surface area contributed by atoms with Crippen molar-refractivity contribution in [2.24, 2.45) is 7.05 Å². The molecular weight excluding hydrogens is 268 g/mol. The molecule has 0 radical (unpaired) electrons. The molecule has 0 aliphatic rings. The Morgan fingerprint density at radius 2 is 2.19 bits per heavy atom. The van der Waals surface area contributed by atoms with E-state index >= 15 is 0 Å². The predicted octanol–water partition coefficient (Wildman–Crippen LogP) is 2.17. The summed E-state index contributed by atoms with van der Waals surface area (Å²) in [5.74, 6) is -0.170. The largest absolute Gasteiger partial charge is 0.478 e. The SMILES string of the molecule is Cc1nn(C)c(-n2ccc3ccncc32)c1/C=C/C(=O)O. The van der Waals surface area contributed by atoms with Crippen LogP contribution in [-0.2, 0) is 11.8 Å². The Morgan fingerprint density at radius 1 is 1.38 bits per heavy atom. The van der Waals surface area contributed by atoms with Crippen molar-refractivity contribution in [3.8, 4) is 5.82 Å². The van der Waals surface area contributed by atoms with E-state index in [-0.39, 0.29) is 0 Å². The molecule has 0 atom stereocenters. The number of hydrogen-bond donors (Lipinski definition) is 1. The number of carboxylic acids is 1. The Bertz CT molecular complexity index is 858. The normalized spacial score (nSPS) is 11.5. The minimum absolute atomic E-state index is 0.774. The zero-order valence-electron chi connectivity index (χ0n) is 11.7. The lowest BCUT2D eigenvalue weighted by molar-refractivity contribution is -0.131. The van der Waals surface area contributed by atoms with E-state index in [0.717, 1.165) is 34.1 Å². The number of aryl methyl sites for hydroxylation is 2. The molecule has 106 valence electrons. The van der Waals surface area contributed by atoms with Crippen LogP contribution in [0.25, 0.3) is 22.8 Å². The van der Waals surface area contributed by atoms with Crippen molar-refractivity contribution < 1.29 is 9.90 Å². The fourth-order valence-electron chi connectivity index (χ4n) is 2.46. The van der Waals surface area contributed by atoms with Crippen molar-refractivity contribution in [1.82, 2.24) is 19.3 Å². The summed E-state index contributed by atoms with van der Waals surface area (Å²) in [5.41, 5.74) is 2.50. The third-order valence-electron chi connectivity index (χ3n) is 3.35. The van der Waals surface area contributed by atoms with Crippen LogP contribution in [0.1, 0.15) is 11.3 Å². The van der Waals surface area contributed by atoms with Crippen LogP contribution < -0.4 is 0 Å². The molecule has 6 heteroatoms. The van der Waals surface area contributed by atoms with Gasteiger partial charge in [-0.2, -0.15) is 5.10 Å². The van der Waals surface area contributed by atoms with Gasteiger partial charge >= 0.3 is 5.97 Å². The first kappa shape index (κ1) is 13.1. The zero-order chi connectivity index (χ0) is 15.0. The number of fused-ring (bicyclic) bond motifs is 1. The van der Waals surface area contributed by atoms with Gasteiger partial charge in [0.25, 0.3) is 0 Å². The molecule has 3 aromatic rings. The van der Waals surface area contributed by atoms with Crippen molar-refractivity contribution in [3.05, 3.63) is 48.1 Å². The van der Waals surface area contributed by atoms with Gasteiger partial charge in [0.1, 0.15) is 5.82 Å². The lowest BCUT2D eigenvalue weighted by Gasteiger charge is -2.07. The maximum Gasteiger partial charge on any atom is 0.328 e. The Morgan fingerprint density at radius 3 is 2.95 bits per heavy atom. The molecule has 1 N–H and O–H groups in total. The highest BCUT2D eigenvalue weighted by Crippen LogP contribution is 2.24. The fraction of sp³-hybridized carbons (Fsp3) is 0.133. The minimum atomic E-state index is -0.983. The zero-order valence-corrected chi connectivity index (χ0v) is 11.7. The number of hydrogen-bond acceptors (Lipinski definition) is 3. The summed E-state index contributed by atoms with van der Waals surface area (Å²) in [6.07, 6.45) is 8.15. The molecule has 0 saturated heterocycles. The molecule has 3 aromatic heterocycles. The van der Waals surface area contributed by atoms with Crippen LogP contribution in [0, 0.1) is 6.92 Å². The number of carboxylic acid groups (broad SMARTS) is 1. The standard InChI is InChI=1S/C15H14N4O2/c1-10-12(3-4-14(20)21)15(18(2)17-10)19-8-6-11-5-7-16-9-13(11)19/h3-9H,1-2H3,(H,20,21)/b4-3+. The second kappa shape index (κ2) is 4.90. The summed E-state index contributed by atoms with van der Waals surface area (Å²) in [7, 11) is 1.84. The van der Waals surface area contributed by atoms with Gasteiger partial charge in [-0.25, -0.2) is 4.79 Å². The first-order valence-electron chi connectivity index (χ1n) is 6.44. The molecule has 0 amide bonds. The van der Waals surface area contributed by atoms with E-state index in [4.69, 9.17) is 5.11 Å². The van der Waals surface area contributed by atoms with Gasteiger partial charge in [-0.05, 0) is 25.1 Å². The molecule has 0 unspecified atom stereocenters. The van der Waals surface area contributed by atoms with Crippen LogP contribution in [-0.4, -0.2) is 30.4 Å². The fourth-order valence-corrected chi connectivity index (χ4v) is 2.46. The van der Waals surface area contributed by atoms with Crippen LogP contribution >= 0.6 is 0 Å². The summed E-state index contributed by atoms with van der Waals surface area (Å²) >= 11 is 0. The molecule has 3 rings (SSSR count). The minimum Gasteiger partial charge on any atom is -0.478 e. The molecule has 0 spiro atoms. The average Bonchev–Trinajstić information content (AvgIpc) is 2.97. The topological polar surface area (TPSA) is 72.9 Å². The van der Waals surface area contributed by atoms with Gasteiger partial charge in [-0.15, -0.1) is 0 Å². The van der Waals surface area contributed by atoms with Gasteiger partial charge in [0.2, 0.25) is 0 Å². The molecule has 6 nitrogen and oxygen atoms in total. The van der Waals surface area contributed by atoms with Gasteiger partial charge < -0.3 is 5.11 Å². The van der Waals surface area contributed by atoms with Crippen molar-refractivity contribution in [2.45, 2.75) is 6.92 Å².